The third kappa shape index (κ3) is 5.26. The van der Waals surface area contributed by atoms with E-state index in [0.29, 0.717) is 33.7 Å². The summed E-state index contributed by atoms with van der Waals surface area (Å²) in [6, 6.07) is 16.6. The molecule has 156 valence electrons. The maximum atomic E-state index is 10.7. The molecule has 0 saturated heterocycles. The first-order valence-electron chi connectivity index (χ1n) is 9.49. The van der Waals surface area contributed by atoms with Gasteiger partial charge in [-0.2, -0.15) is 0 Å². The lowest BCUT2D eigenvalue weighted by Crippen LogP contribution is -2.09. The molecule has 30 heavy (non-hydrogen) atoms. The van der Waals surface area contributed by atoms with Crippen molar-refractivity contribution in [2.75, 3.05) is 6.61 Å². The second-order valence-corrected chi connectivity index (χ2v) is 8.17. The number of rotatable bonds is 7. The van der Waals surface area contributed by atoms with Crippen LogP contribution < -0.4 is 4.74 Å². The number of hydrogen-bond acceptors (Lipinski definition) is 3. The van der Waals surface area contributed by atoms with E-state index in [9.17, 15) is 9.90 Å². The number of carboxylic acid groups (broad SMARTS) is 1. The summed E-state index contributed by atoms with van der Waals surface area (Å²) in [7, 11) is 0. The van der Waals surface area contributed by atoms with Crippen LogP contribution >= 0.6 is 23.2 Å². The number of phenols is 1. The van der Waals surface area contributed by atoms with Crippen LogP contribution in [0.1, 0.15) is 36.5 Å². The van der Waals surface area contributed by atoms with Gasteiger partial charge in [-0.15, -0.1) is 0 Å². The Balaban J connectivity index is 1.90. The summed E-state index contributed by atoms with van der Waals surface area (Å²) in [6.07, 6.45) is 0.452. The molecule has 2 N–H and O–H groups in total. The fourth-order valence-corrected chi connectivity index (χ4v) is 3.77. The fraction of sp³-hybridized carbons (Fsp3) is 0.208. The number of aliphatic carboxylic acids is 1. The molecule has 0 aliphatic heterocycles. The third-order valence-electron chi connectivity index (χ3n) is 4.78. The first kappa shape index (κ1) is 22.0. The van der Waals surface area contributed by atoms with Crippen molar-refractivity contribution in [3.63, 3.8) is 0 Å². The highest BCUT2D eigenvalue weighted by Gasteiger charge is 2.13. The highest BCUT2D eigenvalue weighted by atomic mass is 35.5. The van der Waals surface area contributed by atoms with Crippen LogP contribution in [0.15, 0.2) is 54.6 Å². The summed E-state index contributed by atoms with van der Waals surface area (Å²) in [6.45, 7) is 3.79. The predicted molar refractivity (Wildman–Crippen MR) is 120 cm³/mol. The molecule has 0 atom stereocenters. The van der Waals surface area contributed by atoms with Gasteiger partial charge in [0.2, 0.25) is 0 Å². The predicted octanol–water partition coefficient (Wildman–Crippen LogP) is 6.54. The highest BCUT2D eigenvalue weighted by molar-refractivity contribution is 6.36. The molecule has 0 aliphatic carbocycles. The van der Waals surface area contributed by atoms with Gasteiger partial charge in [0, 0.05) is 22.0 Å². The largest absolute Gasteiger partial charge is 0.507 e. The molecule has 0 radical (unpaired) electrons. The Bertz CT molecular complexity index is 1050. The molecule has 0 saturated carbocycles. The van der Waals surface area contributed by atoms with Crippen molar-refractivity contribution in [2.24, 2.45) is 0 Å². The second kappa shape index (κ2) is 9.41. The summed E-state index contributed by atoms with van der Waals surface area (Å²) in [4.78, 5) is 10.7. The molecule has 0 unspecified atom stereocenters. The number of aromatic hydroxyl groups is 1. The first-order chi connectivity index (χ1) is 14.2. The zero-order valence-corrected chi connectivity index (χ0v) is 18.2. The van der Waals surface area contributed by atoms with Crippen molar-refractivity contribution in [3.8, 4) is 22.6 Å². The van der Waals surface area contributed by atoms with Gasteiger partial charge in [-0.05, 0) is 52.4 Å². The molecule has 0 aliphatic rings. The Labute approximate surface area is 185 Å². The van der Waals surface area contributed by atoms with Gasteiger partial charge < -0.3 is 14.9 Å². The highest BCUT2D eigenvalue weighted by Crippen LogP contribution is 2.35. The molecular formula is C24H22Cl2O4. The number of carboxylic acids is 1. The van der Waals surface area contributed by atoms with Crippen molar-refractivity contribution in [1.82, 2.24) is 0 Å². The second-order valence-electron chi connectivity index (χ2n) is 7.36. The average Bonchev–Trinajstić information content (AvgIpc) is 2.70. The normalized spacial score (nSPS) is 11.0. The maximum absolute atomic E-state index is 10.7. The van der Waals surface area contributed by atoms with Gasteiger partial charge in [0.05, 0.1) is 0 Å². The van der Waals surface area contributed by atoms with Crippen molar-refractivity contribution in [2.45, 2.75) is 26.2 Å². The Kier molecular flexibility index (Phi) is 6.91. The molecule has 3 rings (SSSR count). The molecule has 3 aromatic carbocycles. The first-order valence-corrected chi connectivity index (χ1v) is 10.2. The minimum Gasteiger partial charge on any atom is -0.507 e. The molecule has 0 amide bonds. The average molecular weight is 445 g/mol. The lowest BCUT2D eigenvalue weighted by Gasteiger charge is -2.13. The monoisotopic (exact) mass is 444 g/mol. The van der Waals surface area contributed by atoms with Crippen LogP contribution in [0.25, 0.3) is 11.1 Å². The molecule has 0 heterocycles. The topological polar surface area (TPSA) is 66.8 Å². The van der Waals surface area contributed by atoms with Gasteiger partial charge in [0.15, 0.2) is 6.61 Å². The van der Waals surface area contributed by atoms with Crippen molar-refractivity contribution in [1.29, 1.82) is 0 Å². The summed E-state index contributed by atoms with van der Waals surface area (Å²) in [5.74, 6) is -0.193. The fourth-order valence-electron chi connectivity index (χ4n) is 3.17. The molecule has 0 fully saturated rings. The van der Waals surface area contributed by atoms with Gasteiger partial charge in [0.25, 0.3) is 0 Å². The van der Waals surface area contributed by atoms with E-state index in [-0.39, 0.29) is 5.75 Å². The van der Waals surface area contributed by atoms with E-state index in [2.05, 4.69) is 26.0 Å². The number of halogens is 2. The Morgan fingerprint density at radius 3 is 2.37 bits per heavy atom. The lowest BCUT2D eigenvalue weighted by atomic mass is 9.94. The number of phenolic OH excluding ortho intramolecular Hbond substituents is 1. The van der Waals surface area contributed by atoms with Crippen molar-refractivity contribution in [3.05, 3.63) is 81.3 Å². The van der Waals surface area contributed by atoms with Crippen LogP contribution in [0, 0.1) is 0 Å². The van der Waals surface area contributed by atoms with Crippen LogP contribution in [-0.2, 0) is 11.2 Å². The van der Waals surface area contributed by atoms with Crippen molar-refractivity contribution < 1.29 is 19.7 Å². The smallest absolute Gasteiger partial charge is 0.341 e. The van der Waals surface area contributed by atoms with Crippen LogP contribution in [0.4, 0.5) is 0 Å². The standard InChI is InChI=1S/C24H22Cl2O4/c1-14(2)16-4-3-5-17(10-16)19-8-15(6-7-23(19)27)9-20-21(25)11-18(12-22(20)26)30-13-24(28)29/h3-8,10-12,14,27H,9,13H2,1-2H3,(H,28,29). The van der Waals surface area contributed by atoms with Gasteiger partial charge in [-0.25, -0.2) is 4.79 Å². The SMILES string of the molecule is CC(C)c1cccc(-c2cc(Cc3c(Cl)cc(OCC(=O)O)cc3Cl)ccc2O)c1. The zero-order valence-electron chi connectivity index (χ0n) is 16.7. The third-order valence-corrected chi connectivity index (χ3v) is 5.46. The zero-order chi connectivity index (χ0) is 21.8. The number of hydrogen-bond donors (Lipinski definition) is 2. The summed E-state index contributed by atoms with van der Waals surface area (Å²) in [5, 5.41) is 19.9. The van der Waals surface area contributed by atoms with Crippen LogP contribution in [-0.4, -0.2) is 22.8 Å². The molecule has 6 heteroatoms. The number of ether oxygens (including phenoxy) is 1. The summed E-state index contributed by atoms with van der Waals surface area (Å²) >= 11 is 12.8. The van der Waals surface area contributed by atoms with Gasteiger partial charge in [0.1, 0.15) is 11.5 Å². The molecule has 0 aromatic heterocycles. The molecular weight excluding hydrogens is 423 g/mol. The minimum atomic E-state index is -1.08. The Morgan fingerprint density at radius 1 is 1.03 bits per heavy atom. The van der Waals surface area contributed by atoms with E-state index in [4.69, 9.17) is 33.0 Å². The Hall–Kier alpha value is -2.69. The minimum absolute atomic E-state index is 0.203. The van der Waals surface area contributed by atoms with Crippen LogP contribution in [0.2, 0.25) is 10.0 Å². The van der Waals surface area contributed by atoms with Gasteiger partial charge >= 0.3 is 5.97 Å². The van der Waals surface area contributed by atoms with Gasteiger partial charge in [-0.1, -0.05) is 67.4 Å². The molecule has 0 spiro atoms. The van der Waals surface area contributed by atoms with E-state index in [1.54, 1.807) is 18.2 Å². The summed E-state index contributed by atoms with van der Waals surface area (Å²) < 4.78 is 5.16. The Morgan fingerprint density at radius 2 is 1.73 bits per heavy atom. The molecule has 3 aromatic rings. The van der Waals surface area contributed by atoms with E-state index in [1.165, 1.54) is 5.56 Å². The van der Waals surface area contributed by atoms with E-state index in [0.717, 1.165) is 16.7 Å². The van der Waals surface area contributed by atoms with Crippen molar-refractivity contribution >= 4 is 29.2 Å². The molecule has 4 nitrogen and oxygen atoms in total. The lowest BCUT2D eigenvalue weighted by molar-refractivity contribution is -0.139. The number of benzene rings is 3. The van der Waals surface area contributed by atoms with E-state index in [1.807, 2.05) is 24.3 Å². The van der Waals surface area contributed by atoms with Crippen LogP contribution in [0.5, 0.6) is 11.5 Å². The van der Waals surface area contributed by atoms with E-state index < -0.39 is 12.6 Å². The van der Waals surface area contributed by atoms with E-state index >= 15 is 0 Å². The van der Waals surface area contributed by atoms with Crippen LogP contribution in [0.3, 0.4) is 0 Å². The maximum Gasteiger partial charge on any atom is 0.341 e. The van der Waals surface area contributed by atoms with Gasteiger partial charge in [-0.3, -0.25) is 0 Å². The number of carbonyl (C=O) groups is 1. The summed E-state index contributed by atoms with van der Waals surface area (Å²) in [5.41, 5.74) is 4.51. The molecule has 0 bridgehead atoms. The quantitative estimate of drug-likeness (QED) is 0.433.